The fraction of sp³-hybridized carbons (Fsp3) is 0.143. The monoisotopic (exact) mass is 310 g/mol. The lowest BCUT2D eigenvalue weighted by Crippen LogP contribution is -2.15. The quantitative estimate of drug-likeness (QED) is 0.850. The third-order valence-corrected chi connectivity index (χ3v) is 4.22. The van der Waals surface area contributed by atoms with Crippen LogP contribution in [0.5, 0.6) is 5.75 Å². The van der Waals surface area contributed by atoms with Crippen LogP contribution in [0.1, 0.15) is 5.56 Å². The van der Waals surface area contributed by atoms with Gasteiger partial charge in [0.05, 0.1) is 12.8 Å². The van der Waals surface area contributed by atoms with E-state index in [0.29, 0.717) is 17.0 Å². The van der Waals surface area contributed by atoms with Crippen LogP contribution >= 0.6 is 0 Å². The number of anilines is 2. The number of methoxy groups -OCH3 is 1. The molecule has 21 heavy (non-hydrogen) atoms. The Labute approximate surface area is 122 Å². The van der Waals surface area contributed by atoms with Gasteiger partial charge in [-0.1, -0.05) is 6.07 Å². The van der Waals surface area contributed by atoms with E-state index in [4.69, 9.17) is 10.5 Å². The highest BCUT2D eigenvalue weighted by atomic mass is 32.2. The van der Waals surface area contributed by atoms with Crippen LogP contribution in [0.25, 0.3) is 0 Å². The van der Waals surface area contributed by atoms with E-state index in [9.17, 15) is 12.8 Å². The second kappa shape index (κ2) is 5.61. The lowest BCUT2D eigenvalue weighted by Gasteiger charge is -2.13. The van der Waals surface area contributed by atoms with Crippen LogP contribution in [0.3, 0.4) is 0 Å². The lowest BCUT2D eigenvalue weighted by atomic mass is 10.2. The molecule has 0 heterocycles. The number of hydrogen-bond acceptors (Lipinski definition) is 4. The van der Waals surface area contributed by atoms with Gasteiger partial charge in [0.25, 0.3) is 10.0 Å². The summed E-state index contributed by atoms with van der Waals surface area (Å²) in [6.07, 6.45) is 0. The highest BCUT2D eigenvalue weighted by Gasteiger charge is 2.21. The number of rotatable bonds is 4. The van der Waals surface area contributed by atoms with Crippen molar-refractivity contribution in [1.82, 2.24) is 0 Å². The second-order valence-electron chi connectivity index (χ2n) is 4.50. The molecule has 3 N–H and O–H groups in total. The van der Waals surface area contributed by atoms with E-state index < -0.39 is 20.7 Å². The number of aryl methyl sites for hydroxylation is 1. The first-order valence-electron chi connectivity index (χ1n) is 6.06. The molecule has 0 aliphatic heterocycles. The molecular formula is C14H15FN2O3S. The minimum atomic E-state index is -4.08. The maximum Gasteiger partial charge on any atom is 0.264 e. The summed E-state index contributed by atoms with van der Waals surface area (Å²) in [5.74, 6) is -0.531. The van der Waals surface area contributed by atoms with Gasteiger partial charge >= 0.3 is 0 Å². The van der Waals surface area contributed by atoms with Gasteiger partial charge in [-0.25, -0.2) is 12.8 Å². The number of sulfonamides is 1. The maximum absolute atomic E-state index is 13.8. The molecule has 0 atom stereocenters. The molecule has 2 aromatic carbocycles. The highest BCUT2D eigenvalue weighted by Crippen LogP contribution is 2.29. The summed E-state index contributed by atoms with van der Waals surface area (Å²) in [4.78, 5) is -0.424. The zero-order valence-corrected chi connectivity index (χ0v) is 12.4. The molecule has 0 fully saturated rings. The Kier molecular flexibility index (Phi) is 4.04. The minimum Gasteiger partial charge on any atom is -0.495 e. The fourth-order valence-electron chi connectivity index (χ4n) is 1.82. The van der Waals surface area contributed by atoms with Crippen LogP contribution in [0, 0.1) is 12.7 Å². The molecule has 0 saturated carbocycles. The Morgan fingerprint density at radius 2 is 1.90 bits per heavy atom. The molecule has 0 spiro atoms. The normalized spacial score (nSPS) is 11.2. The van der Waals surface area contributed by atoms with Gasteiger partial charge in [0.15, 0.2) is 0 Å². The zero-order valence-electron chi connectivity index (χ0n) is 11.6. The van der Waals surface area contributed by atoms with Crippen molar-refractivity contribution in [2.45, 2.75) is 11.8 Å². The molecule has 7 heteroatoms. The van der Waals surface area contributed by atoms with Gasteiger partial charge in [-0.05, 0) is 42.8 Å². The predicted molar refractivity (Wildman–Crippen MR) is 79.4 cm³/mol. The van der Waals surface area contributed by atoms with E-state index in [1.54, 1.807) is 13.0 Å². The summed E-state index contributed by atoms with van der Waals surface area (Å²) < 4.78 is 45.7. The van der Waals surface area contributed by atoms with Gasteiger partial charge in [-0.3, -0.25) is 4.72 Å². The van der Waals surface area contributed by atoms with E-state index in [1.807, 2.05) is 0 Å². The minimum absolute atomic E-state index is 0.151. The van der Waals surface area contributed by atoms with Crippen LogP contribution in [0.2, 0.25) is 0 Å². The molecule has 0 radical (unpaired) electrons. The number of halogens is 1. The van der Waals surface area contributed by atoms with Crippen LogP contribution in [-0.2, 0) is 10.0 Å². The van der Waals surface area contributed by atoms with Crippen LogP contribution in [0.15, 0.2) is 41.3 Å². The first-order valence-corrected chi connectivity index (χ1v) is 7.54. The van der Waals surface area contributed by atoms with Crippen molar-refractivity contribution in [3.05, 3.63) is 47.8 Å². The molecule has 0 aliphatic rings. The van der Waals surface area contributed by atoms with Gasteiger partial charge in [0, 0.05) is 5.69 Å². The van der Waals surface area contributed by atoms with Gasteiger partial charge in [0.1, 0.15) is 16.5 Å². The van der Waals surface area contributed by atoms with Gasteiger partial charge < -0.3 is 10.5 Å². The average Bonchev–Trinajstić information content (AvgIpc) is 2.41. The third kappa shape index (κ3) is 3.25. The van der Waals surface area contributed by atoms with Gasteiger partial charge in [-0.2, -0.15) is 0 Å². The molecule has 0 aliphatic carbocycles. The Morgan fingerprint density at radius 1 is 1.19 bits per heavy atom. The van der Waals surface area contributed by atoms with Crippen molar-refractivity contribution in [3.63, 3.8) is 0 Å². The summed E-state index contributed by atoms with van der Waals surface area (Å²) >= 11 is 0. The first-order chi connectivity index (χ1) is 9.83. The van der Waals surface area contributed by atoms with Crippen molar-refractivity contribution in [3.8, 4) is 5.75 Å². The predicted octanol–water partition coefficient (Wildman–Crippen LogP) is 2.53. The SMILES string of the molecule is COc1ccc(N)cc1NS(=O)(=O)c1cc(C)ccc1F. The van der Waals surface area contributed by atoms with Crippen molar-refractivity contribution in [2.75, 3.05) is 17.6 Å². The van der Waals surface area contributed by atoms with E-state index in [1.165, 1.54) is 31.4 Å². The summed E-state index contributed by atoms with van der Waals surface area (Å²) in [5, 5.41) is 0. The number of hydrogen-bond donors (Lipinski definition) is 2. The lowest BCUT2D eigenvalue weighted by molar-refractivity contribution is 0.417. The van der Waals surface area contributed by atoms with Crippen LogP contribution < -0.4 is 15.2 Å². The highest BCUT2D eigenvalue weighted by molar-refractivity contribution is 7.92. The molecule has 0 bridgehead atoms. The number of nitrogen functional groups attached to an aromatic ring is 1. The number of nitrogens with two attached hydrogens (primary N) is 1. The smallest absolute Gasteiger partial charge is 0.264 e. The Morgan fingerprint density at radius 3 is 2.57 bits per heavy atom. The molecule has 0 saturated heterocycles. The van der Waals surface area contributed by atoms with E-state index in [-0.39, 0.29) is 5.69 Å². The molecule has 0 unspecified atom stereocenters. The maximum atomic E-state index is 13.8. The molecular weight excluding hydrogens is 295 g/mol. The van der Waals surface area contributed by atoms with Crippen molar-refractivity contribution >= 4 is 21.4 Å². The zero-order chi connectivity index (χ0) is 15.6. The first kappa shape index (κ1) is 15.1. The summed E-state index contributed by atoms with van der Waals surface area (Å²) in [6, 6.07) is 8.38. The Bertz CT molecular complexity index is 776. The van der Waals surface area contributed by atoms with Gasteiger partial charge in [0.2, 0.25) is 0 Å². The standard InChI is InChI=1S/C14H15FN2O3S/c1-9-3-5-11(15)14(7-9)21(18,19)17-12-8-10(16)4-6-13(12)20-2/h3-8,17H,16H2,1-2H3. The van der Waals surface area contributed by atoms with Gasteiger partial charge in [-0.15, -0.1) is 0 Å². The Hall–Kier alpha value is -2.28. The molecule has 0 aromatic heterocycles. The summed E-state index contributed by atoms with van der Waals surface area (Å²) in [7, 11) is -2.68. The van der Waals surface area contributed by atoms with Crippen molar-refractivity contribution < 1.29 is 17.5 Å². The van der Waals surface area contributed by atoms with Crippen LogP contribution in [-0.4, -0.2) is 15.5 Å². The molecule has 2 rings (SSSR count). The molecule has 2 aromatic rings. The number of benzene rings is 2. The largest absolute Gasteiger partial charge is 0.495 e. The topological polar surface area (TPSA) is 81.4 Å². The third-order valence-electron chi connectivity index (χ3n) is 2.84. The second-order valence-corrected chi connectivity index (χ2v) is 6.15. The van der Waals surface area contributed by atoms with E-state index in [0.717, 1.165) is 6.07 Å². The number of nitrogens with one attached hydrogen (secondary N) is 1. The molecule has 0 amide bonds. The summed E-state index contributed by atoms with van der Waals surface area (Å²) in [5.41, 5.74) is 6.78. The average molecular weight is 310 g/mol. The summed E-state index contributed by atoms with van der Waals surface area (Å²) in [6.45, 7) is 1.68. The Balaban J connectivity index is 2.47. The van der Waals surface area contributed by atoms with Crippen molar-refractivity contribution in [1.29, 1.82) is 0 Å². The molecule has 112 valence electrons. The number of ether oxygens (including phenoxy) is 1. The fourth-order valence-corrected chi connectivity index (χ4v) is 3.05. The van der Waals surface area contributed by atoms with Crippen molar-refractivity contribution in [2.24, 2.45) is 0 Å². The van der Waals surface area contributed by atoms with E-state index in [2.05, 4.69) is 4.72 Å². The van der Waals surface area contributed by atoms with Crippen LogP contribution in [0.4, 0.5) is 15.8 Å². The van der Waals surface area contributed by atoms with E-state index >= 15 is 0 Å². The molecule has 5 nitrogen and oxygen atoms in total.